The Bertz CT molecular complexity index is 185. The first kappa shape index (κ1) is 8.95. The van der Waals surface area contributed by atoms with Crippen molar-refractivity contribution in [3.05, 3.63) is 23.3 Å². The summed E-state index contributed by atoms with van der Waals surface area (Å²) in [6, 6.07) is 0. The van der Waals surface area contributed by atoms with Gasteiger partial charge in [0.1, 0.15) is 0 Å². The van der Waals surface area contributed by atoms with Crippen LogP contribution < -0.4 is 5.73 Å². The molecule has 0 unspecified atom stereocenters. The van der Waals surface area contributed by atoms with Crippen LogP contribution in [0.5, 0.6) is 0 Å². The Balaban J connectivity index is 4.19. The molecular formula is C8H13NO. The molecule has 0 spiro atoms. The molecule has 2 heteroatoms. The van der Waals surface area contributed by atoms with Crippen LogP contribution in [-0.4, -0.2) is 5.91 Å². The third-order valence-corrected chi connectivity index (χ3v) is 1.06. The minimum atomic E-state index is -0.363. The van der Waals surface area contributed by atoms with Crippen molar-refractivity contribution in [1.82, 2.24) is 0 Å². The predicted octanol–water partition coefficient (Wildman–Crippen LogP) is 1.38. The van der Waals surface area contributed by atoms with Crippen molar-refractivity contribution in [3.8, 4) is 0 Å². The maximum Gasteiger partial charge on any atom is 0.244 e. The summed E-state index contributed by atoms with van der Waals surface area (Å²) in [6.45, 7) is 5.62. The van der Waals surface area contributed by atoms with E-state index in [2.05, 4.69) is 0 Å². The highest BCUT2D eigenvalue weighted by Crippen LogP contribution is 1.94. The summed E-state index contributed by atoms with van der Waals surface area (Å²) in [6.07, 6.45) is 3.58. The average molecular weight is 139 g/mol. The zero-order valence-corrected chi connectivity index (χ0v) is 6.64. The third kappa shape index (κ3) is 3.89. The smallest absolute Gasteiger partial charge is 0.244 e. The highest BCUT2D eigenvalue weighted by Gasteiger charge is 1.92. The Kier molecular flexibility index (Phi) is 3.47. The Hall–Kier alpha value is -1.05. The first-order chi connectivity index (χ1) is 4.54. The molecule has 0 heterocycles. The van der Waals surface area contributed by atoms with E-state index in [1.54, 1.807) is 13.0 Å². The normalized spacial score (nSPS) is 10.9. The van der Waals surface area contributed by atoms with Gasteiger partial charge in [-0.05, 0) is 20.8 Å². The topological polar surface area (TPSA) is 43.1 Å². The number of carbonyl (C=O) groups is 1. The Morgan fingerprint density at radius 3 is 2.00 bits per heavy atom. The minimum absolute atomic E-state index is 0.363. The highest BCUT2D eigenvalue weighted by molar-refractivity contribution is 5.91. The van der Waals surface area contributed by atoms with Crippen LogP contribution >= 0.6 is 0 Å². The minimum Gasteiger partial charge on any atom is -0.366 e. The van der Waals surface area contributed by atoms with E-state index < -0.39 is 0 Å². The van der Waals surface area contributed by atoms with Crippen molar-refractivity contribution in [2.75, 3.05) is 0 Å². The van der Waals surface area contributed by atoms with E-state index in [0.29, 0.717) is 5.57 Å². The fourth-order valence-corrected chi connectivity index (χ4v) is 0.374. The fraction of sp³-hybridized carbons (Fsp3) is 0.375. The molecule has 0 fully saturated rings. The largest absolute Gasteiger partial charge is 0.366 e. The van der Waals surface area contributed by atoms with Crippen LogP contribution in [-0.2, 0) is 4.79 Å². The van der Waals surface area contributed by atoms with E-state index in [1.807, 2.05) is 19.9 Å². The molecular weight excluding hydrogens is 126 g/mol. The van der Waals surface area contributed by atoms with Gasteiger partial charge >= 0.3 is 0 Å². The first-order valence-corrected chi connectivity index (χ1v) is 3.15. The van der Waals surface area contributed by atoms with Gasteiger partial charge in [-0.1, -0.05) is 17.7 Å². The summed E-state index contributed by atoms with van der Waals surface area (Å²) >= 11 is 0. The second-order valence-electron chi connectivity index (χ2n) is 2.46. The summed E-state index contributed by atoms with van der Waals surface area (Å²) in [5.41, 5.74) is 6.72. The zero-order valence-electron chi connectivity index (χ0n) is 6.64. The molecule has 2 nitrogen and oxygen atoms in total. The van der Waals surface area contributed by atoms with Gasteiger partial charge in [-0.2, -0.15) is 0 Å². The maximum atomic E-state index is 10.4. The van der Waals surface area contributed by atoms with Gasteiger partial charge in [0, 0.05) is 5.57 Å². The van der Waals surface area contributed by atoms with Crippen LogP contribution in [0.2, 0.25) is 0 Å². The number of amides is 1. The molecule has 56 valence electrons. The molecule has 0 saturated heterocycles. The van der Waals surface area contributed by atoms with Crippen LogP contribution in [0.25, 0.3) is 0 Å². The molecule has 0 bridgehead atoms. The highest BCUT2D eigenvalue weighted by atomic mass is 16.1. The molecule has 0 aromatic heterocycles. The lowest BCUT2D eigenvalue weighted by atomic mass is 10.2. The van der Waals surface area contributed by atoms with Crippen LogP contribution in [0.4, 0.5) is 0 Å². The average Bonchev–Trinajstić information content (AvgIpc) is 1.82. The van der Waals surface area contributed by atoms with Crippen molar-refractivity contribution in [2.24, 2.45) is 5.73 Å². The van der Waals surface area contributed by atoms with Crippen molar-refractivity contribution >= 4 is 5.91 Å². The van der Waals surface area contributed by atoms with E-state index in [4.69, 9.17) is 5.73 Å². The van der Waals surface area contributed by atoms with Crippen LogP contribution in [0.15, 0.2) is 23.3 Å². The van der Waals surface area contributed by atoms with Gasteiger partial charge in [0.2, 0.25) is 5.91 Å². The molecule has 0 radical (unpaired) electrons. The summed E-state index contributed by atoms with van der Waals surface area (Å²) in [5.74, 6) is -0.363. The van der Waals surface area contributed by atoms with E-state index in [-0.39, 0.29) is 5.91 Å². The van der Waals surface area contributed by atoms with Gasteiger partial charge in [0.05, 0.1) is 0 Å². The molecule has 0 aromatic carbocycles. The second kappa shape index (κ2) is 3.88. The molecule has 0 aliphatic carbocycles. The lowest BCUT2D eigenvalue weighted by molar-refractivity contribution is -0.114. The zero-order chi connectivity index (χ0) is 8.15. The lowest BCUT2D eigenvalue weighted by Gasteiger charge is -1.89. The Labute approximate surface area is 61.4 Å². The molecule has 0 rings (SSSR count). The van der Waals surface area contributed by atoms with Crippen molar-refractivity contribution in [2.45, 2.75) is 20.8 Å². The summed E-state index contributed by atoms with van der Waals surface area (Å²) in [7, 11) is 0. The summed E-state index contributed by atoms with van der Waals surface area (Å²) < 4.78 is 0. The van der Waals surface area contributed by atoms with Gasteiger partial charge in [-0.3, -0.25) is 4.79 Å². The molecule has 0 atom stereocenters. The van der Waals surface area contributed by atoms with E-state index >= 15 is 0 Å². The van der Waals surface area contributed by atoms with E-state index in [9.17, 15) is 4.79 Å². The third-order valence-electron chi connectivity index (χ3n) is 1.06. The number of rotatable bonds is 2. The fourth-order valence-electron chi connectivity index (χ4n) is 0.374. The summed E-state index contributed by atoms with van der Waals surface area (Å²) in [5, 5.41) is 0. The molecule has 0 saturated carbocycles. The van der Waals surface area contributed by atoms with Gasteiger partial charge in [-0.15, -0.1) is 0 Å². The molecule has 10 heavy (non-hydrogen) atoms. The van der Waals surface area contributed by atoms with Crippen molar-refractivity contribution in [3.63, 3.8) is 0 Å². The van der Waals surface area contributed by atoms with Crippen molar-refractivity contribution in [1.29, 1.82) is 0 Å². The first-order valence-electron chi connectivity index (χ1n) is 3.15. The van der Waals surface area contributed by atoms with E-state index in [1.165, 1.54) is 0 Å². The van der Waals surface area contributed by atoms with Crippen LogP contribution in [0.3, 0.4) is 0 Å². The quantitative estimate of drug-likeness (QED) is 0.456. The van der Waals surface area contributed by atoms with Gasteiger partial charge in [0.25, 0.3) is 0 Å². The maximum absolute atomic E-state index is 10.4. The molecule has 2 N–H and O–H groups in total. The molecule has 1 amide bonds. The molecule has 0 aliphatic heterocycles. The number of allylic oxidation sites excluding steroid dienone is 3. The Morgan fingerprint density at radius 1 is 1.20 bits per heavy atom. The lowest BCUT2D eigenvalue weighted by Crippen LogP contribution is -2.11. The predicted molar refractivity (Wildman–Crippen MR) is 42.4 cm³/mol. The van der Waals surface area contributed by atoms with E-state index in [0.717, 1.165) is 5.57 Å². The van der Waals surface area contributed by atoms with Crippen LogP contribution in [0, 0.1) is 0 Å². The molecule has 0 aromatic rings. The SMILES string of the molecule is CC(C)=C/C=C(\C)C(N)=O. The number of hydrogen-bond donors (Lipinski definition) is 1. The van der Waals surface area contributed by atoms with Gasteiger partial charge in [0.15, 0.2) is 0 Å². The van der Waals surface area contributed by atoms with Crippen molar-refractivity contribution < 1.29 is 4.79 Å². The number of nitrogens with two attached hydrogens (primary N) is 1. The summed E-state index contributed by atoms with van der Waals surface area (Å²) in [4.78, 5) is 10.4. The van der Waals surface area contributed by atoms with Crippen LogP contribution in [0.1, 0.15) is 20.8 Å². The molecule has 0 aliphatic rings. The van der Waals surface area contributed by atoms with Gasteiger partial charge in [-0.25, -0.2) is 0 Å². The number of carbonyl (C=O) groups excluding carboxylic acids is 1. The monoisotopic (exact) mass is 139 g/mol. The number of hydrogen-bond acceptors (Lipinski definition) is 1. The second-order valence-corrected chi connectivity index (χ2v) is 2.46. The number of primary amides is 1. The Morgan fingerprint density at radius 2 is 1.70 bits per heavy atom. The van der Waals surface area contributed by atoms with Gasteiger partial charge < -0.3 is 5.73 Å². The standard InChI is InChI=1S/C8H13NO/c1-6(2)4-5-7(3)8(9)10/h4-5H,1-3H3,(H2,9,10)/b7-5+.